The molecular weight excluding hydrogens is 463 g/mol. The van der Waals surface area contributed by atoms with E-state index >= 15 is 0 Å². The maximum absolute atomic E-state index is 10.4. The van der Waals surface area contributed by atoms with Crippen LogP contribution in [-0.2, 0) is 0 Å². The Bertz CT molecular complexity index is 550. The van der Waals surface area contributed by atoms with Crippen molar-refractivity contribution < 1.29 is 5.11 Å². The van der Waals surface area contributed by atoms with Crippen LogP contribution in [0.5, 0.6) is 0 Å². The van der Waals surface area contributed by atoms with Crippen LogP contribution in [-0.4, -0.2) is 54.7 Å². The zero-order chi connectivity index (χ0) is 18.1. The van der Waals surface area contributed by atoms with Crippen LogP contribution >= 0.6 is 35.6 Å². The van der Waals surface area contributed by atoms with Crippen molar-refractivity contribution in [2.75, 3.05) is 32.7 Å². The summed E-state index contributed by atoms with van der Waals surface area (Å²) in [6.07, 6.45) is 2.76. The van der Waals surface area contributed by atoms with Crippen molar-refractivity contribution in [2.24, 2.45) is 4.99 Å². The number of hydrogen-bond donors (Lipinski definition) is 3. The zero-order valence-electron chi connectivity index (χ0n) is 15.7. The summed E-state index contributed by atoms with van der Waals surface area (Å²) in [5.74, 6) is 0.766. The number of piperidine rings is 1. The van der Waals surface area contributed by atoms with E-state index in [2.05, 4.69) is 27.4 Å². The lowest BCUT2D eigenvalue weighted by atomic mass is 10.1. The number of guanidine groups is 1. The molecule has 1 atom stereocenters. The molecular formula is C19H32ClIN4O. The Morgan fingerprint density at radius 2 is 2.00 bits per heavy atom. The summed E-state index contributed by atoms with van der Waals surface area (Å²) in [7, 11) is 0. The van der Waals surface area contributed by atoms with Gasteiger partial charge in [0.2, 0.25) is 0 Å². The SMILES string of the molecule is CCCN1CCC(NC(=NCC(O)c2ccccc2Cl)NCC)CC1.I. The molecule has 0 radical (unpaired) electrons. The number of benzene rings is 1. The number of halogens is 2. The van der Waals surface area contributed by atoms with Gasteiger partial charge in [0.15, 0.2) is 5.96 Å². The number of aliphatic hydroxyl groups is 1. The third kappa shape index (κ3) is 7.58. The van der Waals surface area contributed by atoms with Crippen molar-refractivity contribution in [3.63, 3.8) is 0 Å². The molecule has 0 saturated carbocycles. The lowest BCUT2D eigenvalue weighted by Gasteiger charge is -2.32. The molecule has 1 aliphatic heterocycles. The highest BCUT2D eigenvalue weighted by atomic mass is 127. The Balaban J connectivity index is 0.00000338. The normalized spacial score (nSPS) is 17.5. The zero-order valence-corrected chi connectivity index (χ0v) is 18.8. The Kier molecular flexibility index (Phi) is 11.5. The van der Waals surface area contributed by atoms with E-state index < -0.39 is 6.10 Å². The number of nitrogens with zero attached hydrogens (tertiary/aromatic N) is 2. The van der Waals surface area contributed by atoms with Gasteiger partial charge < -0.3 is 20.6 Å². The number of nitrogens with one attached hydrogen (secondary N) is 2. The average molecular weight is 495 g/mol. The maximum Gasteiger partial charge on any atom is 0.191 e. The molecule has 1 unspecified atom stereocenters. The molecule has 1 heterocycles. The molecule has 7 heteroatoms. The third-order valence-electron chi connectivity index (χ3n) is 4.50. The Morgan fingerprint density at radius 1 is 1.31 bits per heavy atom. The van der Waals surface area contributed by atoms with Gasteiger partial charge in [-0.05, 0) is 38.8 Å². The van der Waals surface area contributed by atoms with Gasteiger partial charge in [-0.25, -0.2) is 0 Å². The lowest BCUT2D eigenvalue weighted by molar-refractivity contribution is 0.186. The van der Waals surface area contributed by atoms with E-state index in [0.29, 0.717) is 11.1 Å². The Labute approximate surface area is 179 Å². The van der Waals surface area contributed by atoms with Crippen LogP contribution in [0.2, 0.25) is 5.02 Å². The molecule has 1 aromatic rings. The second-order valence-corrected chi connectivity index (χ2v) is 6.92. The van der Waals surface area contributed by atoms with Gasteiger partial charge in [0.25, 0.3) is 0 Å². The molecule has 0 bridgehead atoms. The van der Waals surface area contributed by atoms with E-state index in [1.165, 1.54) is 13.0 Å². The van der Waals surface area contributed by atoms with E-state index in [9.17, 15) is 5.11 Å². The molecule has 3 N–H and O–H groups in total. The van der Waals surface area contributed by atoms with E-state index in [4.69, 9.17) is 11.6 Å². The number of rotatable bonds is 7. The monoisotopic (exact) mass is 494 g/mol. The highest BCUT2D eigenvalue weighted by Crippen LogP contribution is 2.22. The fraction of sp³-hybridized carbons (Fsp3) is 0.632. The smallest absolute Gasteiger partial charge is 0.191 e. The molecule has 0 aliphatic carbocycles. The number of likely N-dealkylation sites (tertiary alicyclic amines) is 1. The number of aliphatic hydroxyl groups excluding tert-OH is 1. The molecule has 148 valence electrons. The van der Waals surface area contributed by atoms with Gasteiger partial charge >= 0.3 is 0 Å². The summed E-state index contributed by atoms with van der Waals surface area (Å²) in [5, 5.41) is 17.7. The van der Waals surface area contributed by atoms with Crippen LogP contribution in [0.3, 0.4) is 0 Å². The largest absolute Gasteiger partial charge is 0.386 e. The molecule has 0 aromatic heterocycles. The Morgan fingerprint density at radius 3 is 2.62 bits per heavy atom. The predicted octanol–water partition coefficient (Wildman–Crippen LogP) is 3.42. The van der Waals surface area contributed by atoms with Crippen molar-refractivity contribution in [3.8, 4) is 0 Å². The van der Waals surface area contributed by atoms with Crippen molar-refractivity contribution in [3.05, 3.63) is 34.9 Å². The van der Waals surface area contributed by atoms with E-state index in [1.807, 2.05) is 25.1 Å². The highest BCUT2D eigenvalue weighted by molar-refractivity contribution is 14.0. The summed E-state index contributed by atoms with van der Waals surface area (Å²) in [4.78, 5) is 7.07. The second kappa shape index (κ2) is 12.8. The van der Waals surface area contributed by atoms with Crippen LogP contribution < -0.4 is 10.6 Å². The lowest BCUT2D eigenvalue weighted by Crippen LogP contribution is -2.48. The quantitative estimate of drug-likeness (QED) is 0.309. The first-order chi connectivity index (χ1) is 12.1. The van der Waals surface area contributed by atoms with Crippen molar-refractivity contribution in [1.29, 1.82) is 0 Å². The fourth-order valence-electron chi connectivity index (χ4n) is 3.15. The Hall–Kier alpha value is -0.570. The first-order valence-corrected chi connectivity index (χ1v) is 9.71. The minimum atomic E-state index is -0.699. The molecule has 1 fully saturated rings. The topological polar surface area (TPSA) is 59.9 Å². The summed E-state index contributed by atoms with van der Waals surface area (Å²) in [5.41, 5.74) is 0.719. The summed E-state index contributed by atoms with van der Waals surface area (Å²) >= 11 is 6.15. The molecule has 1 aliphatic rings. The minimum Gasteiger partial charge on any atom is -0.386 e. The van der Waals surface area contributed by atoms with E-state index in [-0.39, 0.29) is 30.5 Å². The predicted molar refractivity (Wildman–Crippen MR) is 121 cm³/mol. The van der Waals surface area contributed by atoms with Crippen molar-refractivity contribution >= 4 is 41.5 Å². The van der Waals surface area contributed by atoms with Crippen LogP contribution in [0.25, 0.3) is 0 Å². The van der Waals surface area contributed by atoms with Gasteiger partial charge in [-0.1, -0.05) is 36.7 Å². The maximum atomic E-state index is 10.4. The van der Waals surface area contributed by atoms with Crippen LogP contribution in [0, 0.1) is 0 Å². The molecule has 1 saturated heterocycles. The third-order valence-corrected chi connectivity index (χ3v) is 4.84. The van der Waals surface area contributed by atoms with Crippen molar-refractivity contribution in [1.82, 2.24) is 15.5 Å². The summed E-state index contributed by atoms with van der Waals surface area (Å²) in [6.45, 7) is 8.80. The number of aliphatic imine (C=N–C) groups is 1. The summed E-state index contributed by atoms with van der Waals surface area (Å²) < 4.78 is 0. The number of hydrogen-bond acceptors (Lipinski definition) is 3. The summed E-state index contributed by atoms with van der Waals surface area (Å²) in [6, 6.07) is 7.80. The van der Waals surface area contributed by atoms with E-state index in [0.717, 1.165) is 44.0 Å². The molecule has 2 rings (SSSR count). The van der Waals surface area contributed by atoms with Gasteiger partial charge in [-0.15, -0.1) is 24.0 Å². The molecule has 1 aromatic carbocycles. The fourth-order valence-corrected chi connectivity index (χ4v) is 3.41. The molecule has 5 nitrogen and oxygen atoms in total. The van der Waals surface area contributed by atoms with E-state index in [1.54, 1.807) is 6.07 Å². The van der Waals surface area contributed by atoms with Crippen LogP contribution in [0.1, 0.15) is 44.8 Å². The van der Waals surface area contributed by atoms with Gasteiger partial charge in [0.1, 0.15) is 6.10 Å². The van der Waals surface area contributed by atoms with Gasteiger partial charge in [-0.2, -0.15) is 0 Å². The minimum absolute atomic E-state index is 0. The highest BCUT2D eigenvalue weighted by Gasteiger charge is 2.19. The first kappa shape index (κ1) is 23.5. The van der Waals surface area contributed by atoms with Crippen LogP contribution in [0.15, 0.2) is 29.3 Å². The average Bonchev–Trinajstić information content (AvgIpc) is 2.62. The van der Waals surface area contributed by atoms with Crippen LogP contribution in [0.4, 0.5) is 0 Å². The van der Waals surface area contributed by atoms with Crippen molar-refractivity contribution in [2.45, 2.75) is 45.3 Å². The molecule has 26 heavy (non-hydrogen) atoms. The molecule has 0 amide bonds. The molecule has 0 spiro atoms. The first-order valence-electron chi connectivity index (χ1n) is 9.33. The van der Waals surface area contributed by atoms with Gasteiger partial charge in [0, 0.05) is 36.3 Å². The second-order valence-electron chi connectivity index (χ2n) is 6.52. The van der Waals surface area contributed by atoms with Gasteiger partial charge in [0.05, 0.1) is 6.54 Å². The van der Waals surface area contributed by atoms with Gasteiger partial charge in [-0.3, -0.25) is 4.99 Å². The standard InChI is InChI=1S/C19H31ClN4O.HI/c1-3-11-24-12-9-15(10-13-24)23-19(21-4-2)22-14-18(25)16-7-5-6-8-17(16)20;/h5-8,15,18,25H,3-4,9-14H2,1-2H3,(H2,21,22,23);1H.